The zero-order valence-electron chi connectivity index (χ0n) is 11.8. The first-order chi connectivity index (χ1) is 10.2. The van der Waals surface area contributed by atoms with E-state index in [2.05, 4.69) is 5.38 Å². The second-order valence-electron chi connectivity index (χ2n) is 5.18. The highest BCUT2D eigenvalue weighted by Crippen LogP contribution is 2.32. The molecule has 2 aromatic rings. The van der Waals surface area contributed by atoms with Crippen LogP contribution in [-0.4, -0.2) is 29.1 Å². The van der Waals surface area contributed by atoms with Crippen LogP contribution < -0.4 is 4.74 Å². The topological polar surface area (TPSA) is 49.8 Å². The zero-order valence-corrected chi connectivity index (χ0v) is 12.6. The number of methoxy groups -OCH3 is 1. The van der Waals surface area contributed by atoms with Gasteiger partial charge in [0.2, 0.25) is 0 Å². The molecule has 0 aliphatic heterocycles. The number of carbonyl (C=O) groups excluding carboxylic acids is 1. The Balaban J connectivity index is 1.84. The summed E-state index contributed by atoms with van der Waals surface area (Å²) in [5, 5.41) is 14.1. The van der Waals surface area contributed by atoms with Crippen molar-refractivity contribution in [3.63, 3.8) is 0 Å². The molecule has 0 unspecified atom stereocenters. The van der Waals surface area contributed by atoms with E-state index in [9.17, 15) is 9.90 Å². The van der Waals surface area contributed by atoms with Crippen LogP contribution in [-0.2, 0) is 6.54 Å². The van der Waals surface area contributed by atoms with Crippen LogP contribution in [0.1, 0.15) is 28.8 Å². The number of carbonyl (C=O) groups is 1. The number of aromatic hydroxyl groups is 1. The van der Waals surface area contributed by atoms with Gasteiger partial charge in [0, 0.05) is 18.7 Å². The zero-order chi connectivity index (χ0) is 14.8. The van der Waals surface area contributed by atoms with E-state index in [0.29, 0.717) is 23.9 Å². The molecule has 1 saturated carbocycles. The van der Waals surface area contributed by atoms with Crippen molar-refractivity contribution in [2.24, 2.45) is 0 Å². The molecule has 1 aromatic carbocycles. The largest absolute Gasteiger partial charge is 0.507 e. The van der Waals surface area contributed by atoms with Gasteiger partial charge in [-0.1, -0.05) is 0 Å². The van der Waals surface area contributed by atoms with Crippen molar-refractivity contribution in [1.82, 2.24) is 4.90 Å². The first-order valence-electron chi connectivity index (χ1n) is 6.88. The molecule has 5 heteroatoms. The highest BCUT2D eigenvalue weighted by atomic mass is 32.1. The van der Waals surface area contributed by atoms with Crippen molar-refractivity contribution in [2.45, 2.75) is 25.4 Å². The number of nitrogens with zero attached hydrogens (tertiary/aromatic N) is 1. The smallest absolute Gasteiger partial charge is 0.258 e. The van der Waals surface area contributed by atoms with Gasteiger partial charge in [-0.3, -0.25) is 4.79 Å². The Bertz CT molecular complexity index is 635. The lowest BCUT2D eigenvalue weighted by Crippen LogP contribution is -2.32. The minimum absolute atomic E-state index is 0.0321. The van der Waals surface area contributed by atoms with Gasteiger partial charge in [-0.05, 0) is 47.4 Å². The number of amides is 1. The molecule has 0 atom stereocenters. The molecule has 0 bridgehead atoms. The maximum absolute atomic E-state index is 12.7. The second-order valence-corrected chi connectivity index (χ2v) is 5.96. The number of benzene rings is 1. The van der Waals surface area contributed by atoms with E-state index in [1.807, 2.05) is 16.3 Å². The van der Waals surface area contributed by atoms with Crippen molar-refractivity contribution in [3.05, 3.63) is 46.2 Å². The first-order valence-corrected chi connectivity index (χ1v) is 7.82. The van der Waals surface area contributed by atoms with Crippen LogP contribution in [0.5, 0.6) is 11.5 Å². The van der Waals surface area contributed by atoms with Crippen LogP contribution in [0.3, 0.4) is 0 Å². The fourth-order valence-corrected chi connectivity index (χ4v) is 2.97. The summed E-state index contributed by atoms with van der Waals surface area (Å²) in [6, 6.07) is 7.12. The van der Waals surface area contributed by atoms with E-state index in [1.165, 1.54) is 13.2 Å². The molecule has 1 N–H and O–H groups in total. The molecule has 1 aliphatic rings. The molecule has 1 aliphatic carbocycles. The molecule has 110 valence electrons. The van der Waals surface area contributed by atoms with Gasteiger partial charge in [0.15, 0.2) is 0 Å². The summed E-state index contributed by atoms with van der Waals surface area (Å²) >= 11 is 1.63. The summed E-state index contributed by atoms with van der Waals surface area (Å²) in [7, 11) is 1.53. The van der Waals surface area contributed by atoms with Crippen LogP contribution in [0.2, 0.25) is 0 Å². The van der Waals surface area contributed by atoms with Gasteiger partial charge >= 0.3 is 0 Å². The normalized spacial score (nSPS) is 14.0. The van der Waals surface area contributed by atoms with E-state index in [0.717, 1.165) is 18.4 Å². The third-order valence-corrected chi connectivity index (χ3v) is 4.35. The van der Waals surface area contributed by atoms with Crippen molar-refractivity contribution in [1.29, 1.82) is 0 Å². The summed E-state index contributed by atoms with van der Waals surface area (Å²) in [6.45, 7) is 0.596. The number of hydrogen-bond acceptors (Lipinski definition) is 4. The van der Waals surface area contributed by atoms with Crippen LogP contribution in [0.15, 0.2) is 35.0 Å². The molecular weight excluding hydrogens is 286 g/mol. The molecule has 1 fully saturated rings. The summed E-state index contributed by atoms with van der Waals surface area (Å²) in [4.78, 5) is 14.6. The maximum Gasteiger partial charge on any atom is 0.258 e. The highest BCUT2D eigenvalue weighted by molar-refractivity contribution is 7.07. The Kier molecular flexibility index (Phi) is 3.84. The van der Waals surface area contributed by atoms with Crippen LogP contribution in [0.25, 0.3) is 0 Å². The number of thiophene rings is 1. The van der Waals surface area contributed by atoms with Crippen LogP contribution in [0.4, 0.5) is 0 Å². The molecule has 0 radical (unpaired) electrons. The number of phenolic OH excluding ortho intramolecular Hbond substituents is 1. The van der Waals surface area contributed by atoms with Crippen LogP contribution in [0, 0.1) is 0 Å². The minimum Gasteiger partial charge on any atom is -0.507 e. The molecule has 4 nitrogen and oxygen atoms in total. The van der Waals surface area contributed by atoms with Gasteiger partial charge in [-0.25, -0.2) is 0 Å². The highest BCUT2D eigenvalue weighted by Gasteiger charge is 2.34. The fourth-order valence-electron chi connectivity index (χ4n) is 2.31. The maximum atomic E-state index is 12.7. The Morgan fingerprint density at radius 2 is 2.24 bits per heavy atom. The predicted molar refractivity (Wildman–Crippen MR) is 81.9 cm³/mol. The first kappa shape index (κ1) is 13.9. The third kappa shape index (κ3) is 3.03. The Hall–Kier alpha value is -2.01. The molecule has 1 heterocycles. The standard InChI is InChI=1S/C16H17NO3S/c1-20-13-4-5-14(15(18)8-13)16(19)17(12-2-3-12)9-11-6-7-21-10-11/h4-8,10,12,18H,2-3,9H2,1H3. The summed E-state index contributed by atoms with van der Waals surface area (Å²) in [5.74, 6) is 0.388. The van der Waals surface area contributed by atoms with Gasteiger partial charge in [0.05, 0.1) is 12.7 Å². The number of rotatable bonds is 5. The molecule has 0 spiro atoms. The number of ether oxygens (including phenoxy) is 1. The van der Waals surface area contributed by atoms with Gasteiger partial charge in [-0.2, -0.15) is 11.3 Å². The average molecular weight is 303 g/mol. The van der Waals surface area contributed by atoms with E-state index < -0.39 is 0 Å². The van der Waals surface area contributed by atoms with E-state index in [-0.39, 0.29) is 11.7 Å². The summed E-state index contributed by atoms with van der Waals surface area (Å²) in [6.07, 6.45) is 2.07. The predicted octanol–water partition coefficient (Wildman–Crippen LogP) is 3.27. The molecule has 3 rings (SSSR count). The lowest BCUT2D eigenvalue weighted by atomic mass is 10.1. The number of hydrogen-bond donors (Lipinski definition) is 1. The van der Waals surface area contributed by atoms with Gasteiger partial charge in [-0.15, -0.1) is 0 Å². The Morgan fingerprint density at radius 1 is 1.43 bits per heavy atom. The summed E-state index contributed by atoms with van der Waals surface area (Å²) < 4.78 is 5.05. The fraction of sp³-hybridized carbons (Fsp3) is 0.312. The lowest BCUT2D eigenvalue weighted by molar-refractivity contribution is 0.0727. The average Bonchev–Trinajstić information content (AvgIpc) is 3.20. The van der Waals surface area contributed by atoms with Crippen LogP contribution >= 0.6 is 11.3 Å². The Morgan fingerprint density at radius 3 is 2.81 bits per heavy atom. The molecule has 0 saturated heterocycles. The summed E-state index contributed by atoms with van der Waals surface area (Å²) in [5.41, 5.74) is 1.46. The minimum atomic E-state index is -0.121. The Labute approximate surface area is 127 Å². The third-order valence-electron chi connectivity index (χ3n) is 3.62. The van der Waals surface area contributed by atoms with Gasteiger partial charge in [0.1, 0.15) is 11.5 Å². The monoisotopic (exact) mass is 303 g/mol. The molecule has 21 heavy (non-hydrogen) atoms. The van der Waals surface area contributed by atoms with E-state index in [1.54, 1.807) is 23.5 Å². The van der Waals surface area contributed by atoms with Gasteiger partial charge < -0.3 is 14.7 Å². The molecule has 1 amide bonds. The van der Waals surface area contributed by atoms with E-state index >= 15 is 0 Å². The van der Waals surface area contributed by atoms with Gasteiger partial charge in [0.25, 0.3) is 5.91 Å². The van der Waals surface area contributed by atoms with Crippen molar-refractivity contribution in [3.8, 4) is 11.5 Å². The molecule has 1 aromatic heterocycles. The second kappa shape index (κ2) is 5.77. The SMILES string of the molecule is COc1ccc(C(=O)N(Cc2ccsc2)C2CC2)c(O)c1. The van der Waals surface area contributed by atoms with E-state index in [4.69, 9.17) is 4.74 Å². The lowest BCUT2D eigenvalue weighted by Gasteiger charge is -2.22. The molecular formula is C16H17NO3S. The van der Waals surface area contributed by atoms with Crippen molar-refractivity contribution in [2.75, 3.05) is 7.11 Å². The van der Waals surface area contributed by atoms with Crippen molar-refractivity contribution < 1.29 is 14.6 Å². The number of phenols is 1. The van der Waals surface area contributed by atoms with Crippen molar-refractivity contribution >= 4 is 17.2 Å². The quantitative estimate of drug-likeness (QED) is 0.922.